The van der Waals surface area contributed by atoms with Gasteiger partial charge in [0.05, 0.1) is 0 Å². The second kappa shape index (κ2) is 5.28. The van der Waals surface area contributed by atoms with Crippen molar-refractivity contribution in [1.29, 1.82) is 0 Å². The summed E-state index contributed by atoms with van der Waals surface area (Å²) in [6.45, 7) is 7.63. The molecule has 2 N–H and O–H groups in total. The van der Waals surface area contributed by atoms with E-state index in [4.69, 9.17) is 5.73 Å². The largest absolute Gasteiger partial charge is 0.329 e. The SMILES string of the molecule is CCC(CC)N(C)C1(CN)CCN(C)C1. The Morgan fingerprint density at radius 1 is 1.40 bits per heavy atom. The van der Waals surface area contributed by atoms with Gasteiger partial charge < -0.3 is 10.6 Å². The molecule has 0 aromatic heterocycles. The molecule has 1 aliphatic heterocycles. The zero-order valence-electron chi connectivity index (χ0n) is 10.8. The summed E-state index contributed by atoms with van der Waals surface area (Å²) in [5.74, 6) is 0. The summed E-state index contributed by atoms with van der Waals surface area (Å²) in [4.78, 5) is 4.93. The molecule has 1 heterocycles. The summed E-state index contributed by atoms with van der Waals surface area (Å²) < 4.78 is 0. The van der Waals surface area contributed by atoms with Crippen molar-refractivity contribution in [3.63, 3.8) is 0 Å². The van der Waals surface area contributed by atoms with E-state index in [1.54, 1.807) is 0 Å². The lowest BCUT2D eigenvalue weighted by Gasteiger charge is -2.42. The maximum atomic E-state index is 6.01. The average molecular weight is 213 g/mol. The van der Waals surface area contributed by atoms with Crippen LogP contribution in [0.1, 0.15) is 33.1 Å². The predicted molar refractivity (Wildman–Crippen MR) is 66.0 cm³/mol. The summed E-state index contributed by atoms with van der Waals surface area (Å²) in [7, 11) is 4.45. The van der Waals surface area contributed by atoms with Gasteiger partial charge in [0.15, 0.2) is 0 Å². The molecule has 0 spiro atoms. The van der Waals surface area contributed by atoms with Crippen molar-refractivity contribution >= 4 is 0 Å². The van der Waals surface area contributed by atoms with Gasteiger partial charge in [-0.15, -0.1) is 0 Å². The van der Waals surface area contributed by atoms with Crippen LogP contribution in [0.15, 0.2) is 0 Å². The Kier molecular flexibility index (Phi) is 4.56. The van der Waals surface area contributed by atoms with Gasteiger partial charge in [0, 0.05) is 24.7 Å². The van der Waals surface area contributed by atoms with Crippen LogP contribution < -0.4 is 5.73 Å². The third kappa shape index (κ3) is 2.52. The Labute approximate surface area is 94.6 Å². The van der Waals surface area contributed by atoms with E-state index in [9.17, 15) is 0 Å². The smallest absolute Gasteiger partial charge is 0.0470 e. The third-order valence-corrected chi connectivity index (χ3v) is 4.14. The molecule has 3 nitrogen and oxygen atoms in total. The Balaban J connectivity index is 2.72. The molecular formula is C12H27N3. The Hall–Kier alpha value is -0.120. The molecule has 3 heteroatoms. The average Bonchev–Trinajstić information content (AvgIpc) is 2.63. The number of rotatable bonds is 5. The number of hydrogen-bond donors (Lipinski definition) is 1. The monoisotopic (exact) mass is 213 g/mol. The molecular weight excluding hydrogens is 186 g/mol. The minimum atomic E-state index is 0.228. The summed E-state index contributed by atoms with van der Waals surface area (Å²) in [6.07, 6.45) is 3.66. The molecule has 1 aliphatic rings. The van der Waals surface area contributed by atoms with Crippen LogP contribution in [0.4, 0.5) is 0 Å². The van der Waals surface area contributed by atoms with Gasteiger partial charge in [-0.2, -0.15) is 0 Å². The Morgan fingerprint density at radius 2 is 2.00 bits per heavy atom. The number of likely N-dealkylation sites (tertiary alicyclic amines) is 1. The van der Waals surface area contributed by atoms with Crippen LogP contribution in [0.3, 0.4) is 0 Å². The van der Waals surface area contributed by atoms with Gasteiger partial charge in [-0.3, -0.25) is 4.90 Å². The van der Waals surface area contributed by atoms with E-state index in [0.29, 0.717) is 6.04 Å². The molecule has 1 rings (SSSR count). The van der Waals surface area contributed by atoms with Gasteiger partial charge >= 0.3 is 0 Å². The Bertz CT molecular complexity index is 191. The van der Waals surface area contributed by atoms with Crippen molar-refractivity contribution in [2.45, 2.75) is 44.7 Å². The van der Waals surface area contributed by atoms with Crippen molar-refractivity contribution < 1.29 is 0 Å². The Morgan fingerprint density at radius 3 is 2.33 bits per heavy atom. The molecule has 0 aromatic rings. The predicted octanol–water partition coefficient (Wildman–Crippen LogP) is 1.14. The van der Waals surface area contributed by atoms with E-state index in [0.717, 1.165) is 13.1 Å². The quantitative estimate of drug-likeness (QED) is 0.743. The molecule has 1 unspecified atom stereocenters. The zero-order valence-corrected chi connectivity index (χ0v) is 10.8. The highest BCUT2D eigenvalue weighted by molar-refractivity contribution is 4.99. The van der Waals surface area contributed by atoms with E-state index in [1.807, 2.05) is 0 Å². The molecule has 0 radical (unpaired) electrons. The molecule has 0 saturated carbocycles. The highest BCUT2D eigenvalue weighted by Gasteiger charge is 2.40. The number of likely N-dealkylation sites (N-methyl/N-ethyl adjacent to an activating group) is 2. The summed E-state index contributed by atoms with van der Waals surface area (Å²) >= 11 is 0. The number of nitrogens with zero attached hydrogens (tertiary/aromatic N) is 2. The van der Waals surface area contributed by atoms with Crippen LogP contribution in [-0.4, -0.2) is 55.1 Å². The van der Waals surface area contributed by atoms with Crippen molar-refractivity contribution in [2.75, 3.05) is 33.7 Å². The van der Waals surface area contributed by atoms with Gasteiger partial charge in [0.2, 0.25) is 0 Å². The highest BCUT2D eigenvalue weighted by atomic mass is 15.3. The maximum absolute atomic E-state index is 6.01. The molecule has 0 amide bonds. The van der Waals surface area contributed by atoms with Crippen molar-refractivity contribution in [1.82, 2.24) is 9.80 Å². The third-order valence-electron chi connectivity index (χ3n) is 4.14. The standard InChI is InChI=1S/C12H27N3/c1-5-11(6-2)15(4)12(9-13)7-8-14(3)10-12/h11H,5-10,13H2,1-4H3. The lowest BCUT2D eigenvalue weighted by atomic mass is 9.93. The number of hydrogen-bond acceptors (Lipinski definition) is 3. The minimum Gasteiger partial charge on any atom is -0.329 e. The van der Waals surface area contributed by atoms with Gasteiger partial charge in [-0.05, 0) is 39.9 Å². The molecule has 90 valence electrons. The second-order valence-electron chi connectivity index (χ2n) is 5.00. The van der Waals surface area contributed by atoms with Crippen molar-refractivity contribution in [2.24, 2.45) is 5.73 Å². The van der Waals surface area contributed by atoms with Gasteiger partial charge in [0.25, 0.3) is 0 Å². The van der Waals surface area contributed by atoms with Crippen LogP contribution >= 0.6 is 0 Å². The molecule has 15 heavy (non-hydrogen) atoms. The first-order valence-electron chi connectivity index (χ1n) is 6.21. The van der Waals surface area contributed by atoms with E-state index in [1.165, 1.54) is 25.8 Å². The molecule has 0 aliphatic carbocycles. The van der Waals surface area contributed by atoms with Crippen LogP contribution in [0.5, 0.6) is 0 Å². The normalized spacial score (nSPS) is 28.2. The fourth-order valence-electron chi connectivity index (χ4n) is 2.88. The van der Waals surface area contributed by atoms with Crippen LogP contribution in [0.2, 0.25) is 0 Å². The molecule has 1 fully saturated rings. The summed E-state index contributed by atoms with van der Waals surface area (Å²) in [6, 6.07) is 0.681. The first-order chi connectivity index (χ1) is 7.09. The maximum Gasteiger partial charge on any atom is 0.0470 e. The van der Waals surface area contributed by atoms with E-state index in [-0.39, 0.29) is 5.54 Å². The van der Waals surface area contributed by atoms with Gasteiger partial charge in [-0.1, -0.05) is 13.8 Å². The highest BCUT2D eigenvalue weighted by Crippen LogP contribution is 2.28. The van der Waals surface area contributed by atoms with E-state index >= 15 is 0 Å². The minimum absolute atomic E-state index is 0.228. The summed E-state index contributed by atoms with van der Waals surface area (Å²) in [5, 5.41) is 0. The molecule has 0 bridgehead atoms. The fraction of sp³-hybridized carbons (Fsp3) is 1.00. The van der Waals surface area contributed by atoms with Crippen molar-refractivity contribution in [3.05, 3.63) is 0 Å². The first-order valence-corrected chi connectivity index (χ1v) is 6.21. The topological polar surface area (TPSA) is 32.5 Å². The van der Waals surface area contributed by atoms with Crippen LogP contribution in [0.25, 0.3) is 0 Å². The van der Waals surface area contributed by atoms with Crippen LogP contribution in [0, 0.1) is 0 Å². The second-order valence-corrected chi connectivity index (χ2v) is 5.00. The van der Waals surface area contributed by atoms with Gasteiger partial charge in [-0.25, -0.2) is 0 Å². The van der Waals surface area contributed by atoms with E-state index in [2.05, 4.69) is 37.7 Å². The molecule has 1 saturated heterocycles. The van der Waals surface area contributed by atoms with Crippen LogP contribution in [-0.2, 0) is 0 Å². The molecule has 0 aromatic carbocycles. The molecule has 1 atom stereocenters. The summed E-state index contributed by atoms with van der Waals surface area (Å²) in [5.41, 5.74) is 6.24. The lowest BCUT2D eigenvalue weighted by molar-refractivity contribution is 0.0797. The first kappa shape index (κ1) is 12.9. The fourth-order valence-corrected chi connectivity index (χ4v) is 2.88. The van der Waals surface area contributed by atoms with Gasteiger partial charge in [0.1, 0.15) is 0 Å². The van der Waals surface area contributed by atoms with Crippen molar-refractivity contribution in [3.8, 4) is 0 Å². The lowest BCUT2D eigenvalue weighted by Crippen LogP contribution is -2.57. The number of nitrogens with two attached hydrogens (primary N) is 1. The zero-order chi connectivity index (χ0) is 11.5. The van der Waals surface area contributed by atoms with E-state index < -0.39 is 0 Å².